The third kappa shape index (κ3) is 5.14. The largest absolute Gasteiger partial charge is 0.454 e. The van der Waals surface area contributed by atoms with E-state index < -0.39 is 21.4 Å². The van der Waals surface area contributed by atoms with Crippen LogP contribution in [0.25, 0.3) is 0 Å². The Labute approximate surface area is 155 Å². The molecule has 0 aliphatic carbocycles. The Kier molecular flexibility index (Phi) is 6.58. The van der Waals surface area contributed by atoms with Gasteiger partial charge in [-0.25, -0.2) is 13.2 Å². The zero-order valence-corrected chi connectivity index (χ0v) is 16.5. The van der Waals surface area contributed by atoms with E-state index in [1.807, 2.05) is 0 Å². The number of carbonyl (C=O) groups is 2. The summed E-state index contributed by atoms with van der Waals surface area (Å²) < 4.78 is 32.2. The van der Waals surface area contributed by atoms with Gasteiger partial charge in [-0.1, -0.05) is 39.7 Å². The van der Waals surface area contributed by atoms with Crippen molar-refractivity contribution < 1.29 is 22.7 Å². The highest BCUT2D eigenvalue weighted by molar-refractivity contribution is 7.89. The molecule has 0 bridgehead atoms. The zero-order chi connectivity index (χ0) is 19.4. The number of ether oxygens (including phenoxy) is 1. The van der Waals surface area contributed by atoms with Gasteiger partial charge in [-0.05, 0) is 31.0 Å². The fourth-order valence-corrected chi connectivity index (χ4v) is 4.21. The predicted octanol–water partition coefficient (Wildman–Crippen LogP) is 3.02. The molecule has 6 nitrogen and oxygen atoms in total. The average molecular weight is 381 g/mol. The Hall–Kier alpha value is -1.73. The van der Waals surface area contributed by atoms with Crippen LogP contribution in [0.15, 0.2) is 29.2 Å². The third-order valence-corrected chi connectivity index (χ3v) is 6.34. The lowest BCUT2D eigenvalue weighted by molar-refractivity contribution is -0.129. The normalized spacial score (nSPS) is 16.7. The SMILES string of the molecule is CC(C)(C)C(=O)COC(=O)c1cccc(S(=O)(=O)N2CCCCCC2)c1. The minimum absolute atomic E-state index is 0.0796. The van der Waals surface area contributed by atoms with Gasteiger partial charge in [0.15, 0.2) is 12.4 Å². The molecular formula is C19H27NO5S. The Morgan fingerprint density at radius 1 is 1.08 bits per heavy atom. The van der Waals surface area contributed by atoms with Gasteiger partial charge in [0, 0.05) is 18.5 Å². The van der Waals surface area contributed by atoms with Crippen LogP contribution in [0.2, 0.25) is 0 Å². The third-order valence-electron chi connectivity index (χ3n) is 4.44. The second-order valence-electron chi connectivity index (χ2n) is 7.60. The van der Waals surface area contributed by atoms with Crippen molar-refractivity contribution in [3.05, 3.63) is 29.8 Å². The number of esters is 1. The lowest BCUT2D eigenvalue weighted by atomic mass is 9.91. The molecular weight excluding hydrogens is 354 g/mol. The van der Waals surface area contributed by atoms with E-state index in [9.17, 15) is 18.0 Å². The van der Waals surface area contributed by atoms with Gasteiger partial charge < -0.3 is 4.74 Å². The molecule has 1 saturated heterocycles. The lowest BCUT2D eigenvalue weighted by Gasteiger charge is -2.20. The van der Waals surface area contributed by atoms with E-state index >= 15 is 0 Å². The van der Waals surface area contributed by atoms with Crippen molar-refractivity contribution in [3.63, 3.8) is 0 Å². The van der Waals surface area contributed by atoms with Crippen LogP contribution in [0.4, 0.5) is 0 Å². The van der Waals surface area contributed by atoms with Gasteiger partial charge in [0.2, 0.25) is 10.0 Å². The lowest BCUT2D eigenvalue weighted by Crippen LogP contribution is -2.32. The second-order valence-corrected chi connectivity index (χ2v) is 9.53. The highest BCUT2D eigenvalue weighted by Gasteiger charge is 2.27. The molecule has 1 aliphatic heterocycles. The van der Waals surface area contributed by atoms with Crippen molar-refractivity contribution in [2.75, 3.05) is 19.7 Å². The monoisotopic (exact) mass is 381 g/mol. The van der Waals surface area contributed by atoms with E-state index in [-0.39, 0.29) is 22.8 Å². The Bertz CT molecular complexity index is 756. The molecule has 0 radical (unpaired) electrons. The molecule has 1 aliphatic rings. The van der Waals surface area contributed by atoms with Crippen LogP contribution in [0, 0.1) is 5.41 Å². The summed E-state index contributed by atoms with van der Waals surface area (Å²) in [5, 5.41) is 0. The maximum atomic E-state index is 12.8. The summed E-state index contributed by atoms with van der Waals surface area (Å²) in [5.41, 5.74) is -0.472. The van der Waals surface area contributed by atoms with Crippen LogP contribution in [0.1, 0.15) is 56.8 Å². The fourth-order valence-electron chi connectivity index (χ4n) is 2.65. The van der Waals surface area contributed by atoms with Crippen LogP contribution in [-0.4, -0.2) is 44.2 Å². The molecule has 144 valence electrons. The number of sulfonamides is 1. The van der Waals surface area contributed by atoms with E-state index in [1.165, 1.54) is 28.6 Å². The minimum Gasteiger partial charge on any atom is -0.454 e. The molecule has 0 N–H and O–H groups in total. The number of ketones is 1. The van der Waals surface area contributed by atoms with Gasteiger partial charge in [0.1, 0.15) is 0 Å². The number of hydrogen-bond donors (Lipinski definition) is 0. The molecule has 0 unspecified atom stereocenters. The molecule has 1 fully saturated rings. The first-order valence-corrected chi connectivity index (χ1v) is 10.4. The summed E-state index contributed by atoms with van der Waals surface area (Å²) in [7, 11) is -3.64. The van der Waals surface area contributed by atoms with E-state index in [1.54, 1.807) is 20.8 Å². The summed E-state index contributed by atoms with van der Waals surface area (Å²) in [6.45, 7) is 5.91. The first-order valence-electron chi connectivity index (χ1n) is 8.93. The topological polar surface area (TPSA) is 80.8 Å². The summed E-state index contributed by atoms with van der Waals surface area (Å²) in [6.07, 6.45) is 3.74. The smallest absolute Gasteiger partial charge is 0.338 e. The van der Waals surface area contributed by atoms with Gasteiger partial charge in [0.05, 0.1) is 10.5 Å². The van der Waals surface area contributed by atoms with Gasteiger partial charge in [-0.15, -0.1) is 0 Å². The zero-order valence-electron chi connectivity index (χ0n) is 15.7. The quantitative estimate of drug-likeness (QED) is 0.733. The van der Waals surface area contributed by atoms with E-state index in [4.69, 9.17) is 4.74 Å². The highest BCUT2D eigenvalue weighted by atomic mass is 32.2. The summed E-state index contributed by atoms with van der Waals surface area (Å²) in [4.78, 5) is 24.2. The number of carbonyl (C=O) groups excluding carboxylic acids is 2. The van der Waals surface area contributed by atoms with Gasteiger partial charge in [0.25, 0.3) is 0 Å². The predicted molar refractivity (Wildman–Crippen MR) is 98.4 cm³/mol. The Morgan fingerprint density at radius 2 is 1.69 bits per heavy atom. The van der Waals surface area contributed by atoms with E-state index in [0.717, 1.165) is 25.7 Å². The molecule has 7 heteroatoms. The van der Waals surface area contributed by atoms with Gasteiger partial charge in [-0.2, -0.15) is 4.31 Å². The minimum atomic E-state index is -3.64. The van der Waals surface area contributed by atoms with Crippen LogP contribution in [0.5, 0.6) is 0 Å². The molecule has 0 atom stereocenters. The summed E-state index contributed by atoms with van der Waals surface area (Å²) in [6, 6.07) is 5.82. The number of rotatable bonds is 5. The van der Waals surface area contributed by atoms with Crippen molar-refractivity contribution in [2.45, 2.75) is 51.3 Å². The number of benzene rings is 1. The summed E-state index contributed by atoms with van der Waals surface area (Å²) >= 11 is 0. The Balaban J connectivity index is 2.13. The standard InChI is InChI=1S/C19H27NO5S/c1-19(2,3)17(21)14-25-18(22)15-9-8-10-16(13-15)26(23,24)20-11-6-4-5-7-12-20/h8-10,13H,4-7,11-12,14H2,1-3H3. The molecule has 2 rings (SSSR count). The molecule has 1 aromatic rings. The molecule has 0 aromatic heterocycles. The van der Waals surface area contributed by atoms with Gasteiger partial charge in [-0.3, -0.25) is 4.79 Å². The number of nitrogens with zero attached hydrogens (tertiary/aromatic N) is 1. The van der Waals surface area contributed by atoms with Crippen molar-refractivity contribution in [1.82, 2.24) is 4.31 Å². The summed E-state index contributed by atoms with van der Waals surface area (Å²) in [5.74, 6) is -0.894. The molecule has 0 saturated carbocycles. The molecule has 0 amide bonds. The van der Waals surface area contributed by atoms with E-state index in [0.29, 0.717) is 13.1 Å². The molecule has 26 heavy (non-hydrogen) atoms. The van der Waals surface area contributed by atoms with Crippen molar-refractivity contribution in [3.8, 4) is 0 Å². The van der Waals surface area contributed by atoms with Crippen molar-refractivity contribution in [2.24, 2.45) is 5.41 Å². The molecule has 0 spiro atoms. The van der Waals surface area contributed by atoms with Gasteiger partial charge >= 0.3 is 5.97 Å². The number of hydrogen-bond acceptors (Lipinski definition) is 5. The van der Waals surface area contributed by atoms with E-state index in [2.05, 4.69) is 0 Å². The van der Waals surface area contributed by atoms with Crippen LogP contribution < -0.4 is 0 Å². The first-order chi connectivity index (χ1) is 12.1. The first kappa shape index (κ1) is 20.6. The molecule has 1 aromatic carbocycles. The maximum Gasteiger partial charge on any atom is 0.338 e. The maximum absolute atomic E-state index is 12.8. The van der Waals surface area contributed by atoms with Crippen LogP contribution in [-0.2, 0) is 19.6 Å². The fraction of sp³-hybridized carbons (Fsp3) is 0.579. The van der Waals surface area contributed by atoms with Crippen molar-refractivity contribution >= 4 is 21.8 Å². The van der Waals surface area contributed by atoms with Crippen LogP contribution >= 0.6 is 0 Å². The second kappa shape index (κ2) is 8.31. The Morgan fingerprint density at radius 3 is 2.27 bits per heavy atom. The highest BCUT2D eigenvalue weighted by Crippen LogP contribution is 2.21. The number of Topliss-reactive ketones (excluding diaryl/α,β-unsaturated/α-hetero) is 1. The molecule has 1 heterocycles. The van der Waals surface area contributed by atoms with Crippen LogP contribution in [0.3, 0.4) is 0 Å². The van der Waals surface area contributed by atoms with Crippen molar-refractivity contribution in [1.29, 1.82) is 0 Å². The average Bonchev–Trinajstić information content (AvgIpc) is 2.88.